The first-order valence-electron chi connectivity index (χ1n) is 6.55. The Morgan fingerprint density at radius 1 is 1.28 bits per heavy atom. The van der Waals surface area contributed by atoms with Crippen LogP contribution in [-0.2, 0) is 12.8 Å². The molecule has 2 aromatic rings. The molecule has 1 heterocycles. The normalized spacial score (nSPS) is 16.7. The average Bonchev–Trinajstić information content (AvgIpc) is 3.10. The van der Waals surface area contributed by atoms with Gasteiger partial charge in [-0.05, 0) is 24.3 Å². The van der Waals surface area contributed by atoms with E-state index in [1.807, 2.05) is 18.2 Å². The zero-order chi connectivity index (χ0) is 12.4. The minimum atomic E-state index is 0.0575. The molecule has 3 rings (SSSR count). The number of thiazole rings is 1. The molecule has 2 N–H and O–H groups in total. The van der Waals surface area contributed by atoms with Crippen molar-refractivity contribution in [3.05, 3.63) is 52.0 Å². The number of aromatic nitrogens is 1. The molecule has 0 saturated heterocycles. The topological polar surface area (TPSA) is 38.9 Å². The number of nitrogens with zero attached hydrogens (tertiary/aromatic N) is 1. The third-order valence-corrected chi connectivity index (χ3v) is 4.34. The Hall–Kier alpha value is -1.19. The first kappa shape index (κ1) is 11.9. The summed E-state index contributed by atoms with van der Waals surface area (Å²) < 4.78 is 0. The van der Waals surface area contributed by atoms with E-state index in [9.17, 15) is 0 Å². The summed E-state index contributed by atoms with van der Waals surface area (Å²) in [6, 6.07) is 10.3. The lowest BCUT2D eigenvalue weighted by Gasteiger charge is -2.09. The van der Waals surface area contributed by atoms with Gasteiger partial charge in [0.15, 0.2) is 0 Å². The molecule has 0 bridgehead atoms. The number of nitrogens with two attached hydrogens (primary N) is 1. The molecule has 1 aliphatic carbocycles. The average molecular weight is 258 g/mol. The fourth-order valence-corrected chi connectivity index (χ4v) is 3.07. The highest BCUT2D eigenvalue weighted by atomic mass is 32.1. The van der Waals surface area contributed by atoms with Crippen molar-refractivity contribution in [2.75, 3.05) is 0 Å². The van der Waals surface area contributed by atoms with Gasteiger partial charge in [0.2, 0.25) is 0 Å². The second-order valence-corrected chi connectivity index (χ2v) is 6.04. The molecular weight excluding hydrogens is 240 g/mol. The standard InChI is InChI=1S/C15H18N2S/c16-14(12-4-2-1-3-5-12)9-13-10-18-15(17-13)8-11-6-7-11/h1-5,10-11,14H,6-9,16H2. The number of hydrogen-bond acceptors (Lipinski definition) is 3. The Balaban J connectivity index is 1.63. The van der Waals surface area contributed by atoms with Gasteiger partial charge in [-0.1, -0.05) is 30.3 Å². The zero-order valence-corrected chi connectivity index (χ0v) is 11.2. The first-order valence-corrected chi connectivity index (χ1v) is 7.43. The van der Waals surface area contributed by atoms with Crippen LogP contribution in [0.5, 0.6) is 0 Å². The van der Waals surface area contributed by atoms with Gasteiger partial charge >= 0.3 is 0 Å². The summed E-state index contributed by atoms with van der Waals surface area (Å²) in [6.45, 7) is 0. The van der Waals surface area contributed by atoms with E-state index in [1.54, 1.807) is 11.3 Å². The van der Waals surface area contributed by atoms with Gasteiger partial charge in [-0.25, -0.2) is 4.98 Å². The lowest BCUT2D eigenvalue weighted by Crippen LogP contribution is -2.13. The monoisotopic (exact) mass is 258 g/mol. The van der Waals surface area contributed by atoms with Crippen LogP contribution >= 0.6 is 11.3 Å². The van der Waals surface area contributed by atoms with Crippen LogP contribution in [0.4, 0.5) is 0 Å². The van der Waals surface area contributed by atoms with Crippen molar-refractivity contribution in [1.29, 1.82) is 0 Å². The summed E-state index contributed by atoms with van der Waals surface area (Å²) in [5, 5.41) is 3.45. The van der Waals surface area contributed by atoms with Gasteiger partial charge in [-0.3, -0.25) is 0 Å². The quantitative estimate of drug-likeness (QED) is 0.893. The third-order valence-electron chi connectivity index (χ3n) is 3.42. The smallest absolute Gasteiger partial charge is 0.0931 e. The lowest BCUT2D eigenvalue weighted by molar-refractivity contribution is 0.704. The van der Waals surface area contributed by atoms with Crippen molar-refractivity contribution < 1.29 is 0 Å². The predicted molar refractivity (Wildman–Crippen MR) is 75.6 cm³/mol. The molecule has 0 amide bonds. The molecule has 3 heteroatoms. The zero-order valence-electron chi connectivity index (χ0n) is 10.4. The highest BCUT2D eigenvalue weighted by Gasteiger charge is 2.23. The molecule has 1 unspecified atom stereocenters. The van der Waals surface area contributed by atoms with Gasteiger partial charge in [-0.2, -0.15) is 0 Å². The maximum atomic E-state index is 6.21. The molecule has 1 atom stereocenters. The Morgan fingerprint density at radius 2 is 2.06 bits per heavy atom. The number of benzene rings is 1. The van der Waals surface area contributed by atoms with Crippen molar-refractivity contribution in [2.24, 2.45) is 11.7 Å². The Labute approximate surface area is 112 Å². The van der Waals surface area contributed by atoms with Crippen LogP contribution in [0, 0.1) is 5.92 Å². The Kier molecular flexibility index (Phi) is 3.43. The highest BCUT2D eigenvalue weighted by molar-refractivity contribution is 7.09. The van der Waals surface area contributed by atoms with Crippen molar-refractivity contribution in [2.45, 2.75) is 31.7 Å². The van der Waals surface area contributed by atoms with Gasteiger partial charge in [0.25, 0.3) is 0 Å². The number of hydrogen-bond donors (Lipinski definition) is 1. The van der Waals surface area contributed by atoms with E-state index >= 15 is 0 Å². The third kappa shape index (κ3) is 2.98. The van der Waals surface area contributed by atoms with Gasteiger partial charge in [-0.15, -0.1) is 11.3 Å². The molecule has 1 aromatic heterocycles. The summed E-state index contributed by atoms with van der Waals surface area (Å²) in [7, 11) is 0. The fraction of sp³-hybridized carbons (Fsp3) is 0.400. The van der Waals surface area contributed by atoms with Crippen LogP contribution < -0.4 is 5.73 Å². The molecule has 94 valence electrons. The second-order valence-electron chi connectivity index (χ2n) is 5.10. The Morgan fingerprint density at radius 3 is 2.78 bits per heavy atom. The van der Waals surface area contributed by atoms with Crippen molar-refractivity contribution in [1.82, 2.24) is 4.98 Å². The van der Waals surface area contributed by atoms with E-state index in [0.29, 0.717) is 0 Å². The van der Waals surface area contributed by atoms with E-state index in [-0.39, 0.29) is 6.04 Å². The lowest BCUT2D eigenvalue weighted by atomic mass is 10.0. The van der Waals surface area contributed by atoms with Crippen LogP contribution in [0.2, 0.25) is 0 Å². The molecule has 1 aromatic carbocycles. The maximum Gasteiger partial charge on any atom is 0.0931 e. The summed E-state index contributed by atoms with van der Waals surface area (Å²) in [5.74, 6) is 0.909. The van der Waals surface area contributed by atoms with Crippen LogP contribution in [0.25, 0.3) is 0 Å². The molecular formula is C15H18N2S. The van der Waals surface area contributed by atoms with E-state index in [4.69, 9.17) is 10.7 Å². The predicted octanol–water partition coefficient (Wildman–Crippen LogP) is 3.34. The van der Waals surface area contributed by atoms with Crippen LogP contribution in [0.1, 0.15) is 35.1 Å². The second kappa shape index (κ2) is 5.21. The molecule has 0 radical (unpaired) electrons. The molecule has 18 heavy (non-hydrogen) atoms. The molecule has 0 aliphatic heterocycles. The summed E-state index contributed by atoms with van der Waals surface area (Å²) in [5.41, 5.74) is 8.55. The first-order chi connectivity index (χ1) is 8.81. The maximum absolute atomic E-state index is 6.21. The van der Waals surface area contributed by atoms with Gasteiger partial charge in [0.05, 0.1) is 10.7 Å². The molecule has 2 nitrogen and oxygen atoms in total. The van der Waals surface area contributed by atoms with E-state index < -0.39 is 0 Å². The van der Waals surface area contributed by atoms with E-state index in [2.05, 4.69) is 17.5 Å². The van der Waals surface area contributed by atoms with Crippen molar-refractivity contribution >= 4 is 11.3 Å². The van der Waals surface area contributed by atoms with Gasteiger partial charge in [0, 0.05) is 24.3 Å². The van der Waals surface area contributed by atoms with Gasteiger partial charge < -0.3 is 5.73 Å². The largest absolute Gasteiger partial charge is 0.324 e. The Bertz CT molecular complexity index is 502. The van der Waals surface area contributed by atoms with E-state index in [0.717, 1.165) is 18.0 Å². The number of rotatable bonds is 5. The molecule has 0 spiro atoms. The molecule has 1 aliphatic rings. The van der Waals surface area contributed by atoms with E-state index in [1.165, 1.54) is 29.8 Å². The van der Waals surface area contributed by atoms with Crippen molar-refractivity contribution in [3.8, 4) is 0 Å². The summed E-state index contributed by atoms with van der Waals surface area (Å²) in [4.78, 5) is 4.69. The minimum Gasteiger partial charge on any atom is -0.324 e. The fourth-order valence-electron chi connectivity index (χ4n) is 2.15. The SMILES string of the molecule is NC(Cc1csc(CC2CC2)n1)c1ccccc1. The van der Waals surface area contributed by atoms with Gasteiger partial charge in [0.1, 0.15) is 0 Å². The van der Waals surface area contributed by atoms with Crippen molar-refractivity contribution in [3.63, 3.8) is 0 Å². The molecule has 1 fully saturated rings. The van der Waals surface area contributed by atoms with Crippen LogP contribution in [0.15, 0.2) is 35.7 Å². The minimum absolute atomic E-state index is 0.0575. The van der Waals surface area contributed by atoms with Crippen LogP contribution in [-0.4, -0.2) is 4.98 Å². The highest BCUT2D eigenvalue weighted by Crippen LogP contribution is 2.33. The summed E-state index contributed by atoms with van der Waals surface area (Å²) in [6.07, 6.45) is 4.79. The summed E-state index contributed by atoms with van der Waals surface area (Å²) >= 11 is 1.79. The molecule has 1 saturated carbocycles. The van der Waals surface area contributed by atoms with Crippen LogP contribution in [0.3, 0.4) is 0 Å².